The lowest BCUT2D eigenvalue weighted by Gasteiger charge is -2.14. The molecule has 0 saturated carbocycles. The molecule has 0 spiro atoms. The third-order valence-electron chi connectivity index (χ3n) is 7.45. The van der Waals surface area contributed by atoms with E-state index in [-0.39, 0.29) is 5.97 Å². The van der Waals surface area contributed by atoms with Crippen molar-refractivity contribution in [3.05, 3.63) is 24.3 Å². The molecular weight excluding hydrogens is 456 g/mol. The van der Waals surface area contributed by atoms with Crippen LogP contribution in [0.5, 0.6) is 0 Å². The van der Waals surface area contributed by atoms with Crippen LogP contribution in [-0.2, 0) is 9.53 Å². The van der Waals surface area contributed by atoms with Gasteiger partial charge in [0.25, 0.3) is 0 Å². The second-order valence-electron chi connectivity index (χ2n) is 10.9. The molecule has 4 heteroatoms. The molecule has 0 amide bonds. The van der Waals surface area contributed by atoms with E-state index < -0.39 is 0 Å². The molecule has 0 aromatic rings. The van der Waals surface area contributed by atoms with E-state index in [1.165, 1.54) is 102 Å². The van der Waals surface area contributed by atoms with Crippen LogP contribution < -0.4 is 0 Å². The summed E-state index contributed by atoms with van der Waals surface area (Å²) in [5, 5.41) is 0. The van der Waals surface area contributed by atoms with Gasteiger partial charge in [0.1, 0.15) is 26.2 Å². The van der Waals surface area contributed by atoms with Crippen LogP contribution in [-0.4, -0.2) is 54.6 Å². The smallest absolute Gasteiger partial charge is 0.305 e. The van der Waals surface area contributed by atoms with Crippen LogP contribution in [0, 0.1) is 0 Å². The summed E-state index contributed by atoms with van der Waals surface area (Å²) in [5.74, 6) is 1.42. The van der Waals surface area contributed by atoms with Crippen molar-refractivity contribution in [3.8, 4) is 0 Å². The number of amidine groups is 1. The first kappa shape index (κ1) is 33.4. The Labute approximate surface area is 230 Å². The van der Waals surface area contributed by atoms with Gasteiger partial charge in [0, 0.05) is 12.8 Å². The summed E-state index contributed by atoms with van der Waals surface area (Å²) < 4.78 is 7.95. The number of rotatable bonds is 25. The number of esters is 1. The molecule has 1 aliphatic rings. The minimum Gasteiger partial charge on any atom is -0.462 e. The van der Waals surface area contributed by atoms with E-state index in [0.29, 0.717) is 13.0 Å². The van der Waals surface area contributed by atoms with Crippen molar-refractivity contribution in [1.82, 2.24) is 4.90 Å². The molecule has 37 heavy (non-hydrogen) atoms. The summed E-state index contributed by atoms with van der Waals surface area (Å²) in [6, 6.07) is 0. The first-order chi connectivity index (χ1) is 18.2. The third-order valence-corrected chi connectivity index (χ3v) is 7.45. The maximum absolute atomic E-state index is 12.1. The Balaban J connectivity index is 2.01. The van der Waals surface area contributed by atoms with Gasteiger partial charge in [-0.3, -0.25) is 14.3 Å². The molecule has 0 atom stereocenters. The first-order valence-corrected chi connectivity index (χ1v) is 16.0. The number of unbranched alkanes of at least 4 members (excludes halogenated alkanes) is 14. The van der Waals surface area contributed by atoms with Crippen molar-refractivity contribution < 1.29 is 14.1 Å². The monoisotopic (exact) mass is 517 g/mol. The number of nitrogens with zero attached hydrogens (tertiary/aromatic N) is 2. The summed E-state index contributed by atoms with van der Waals surface area (Å²) in [6.07, 6.45) is 33.8. The Hall–Kier alpha value is -1.58. The molecule has 1 heterocycles. The summed E-state index contributed by atoms with van der Waals surface area (Å²) in [6.45, 7) is 7.95. The minimum atomic E-state index is -0.0219. The van der Waals surface area contributed by atoms with Crippen LogP contribution in [0.1, 0.15) is 142 Å². The number of likely N-dealkylation sites (N-methyl/N-ethyl adjacent to an activating group) is 1. The summed E-state index contributed by atoms with van der Waals surface area (Å²) >= 11 is 0. The van der Waals surface area contributed by atoms with Crippen molar-refractivity contribution >= 4 is 11.8 Å². The van der Waals surface area contributed by atoms with Crippen molar-refractivity contribution in [2.45, 2.75) is 142 Å². The Morgan fingerprint density at radius 3 is 2.00 bits per heavy atom. The molecule has 0 N–H and O–H groups in total. The van der Waals surface area contributed by atoms with Crippen molar-refractivity contribution in [2.24, 2.45) is 0 Å². The van der Waals surface area contributed by atoms with Gasteiger partial charge in [0.15, 0.2) is 0 Å². The summed E-state index contributed by atoms with van der Waals surface area (Å²) in [7, 11) is 2.20. The zero-order valence-corrected chi connectivity index (χ0v) is 25.0. The van der Waals surface area contributed by atoms with Crippen LogP contribution in [0.25, 0.3) is 0 Å². The third kappa shape index (κ3) is 19.2. The van der Waals surface area contributed by atoms with Gasteiger partial charge in [-0.2, -0.15) is 0 Å². The lowest BCUT2D eigenvalue weighted by atomic mass is 10.1. The average molecular weight is 518 g/mol. The van der Waals surface area contributed by atoms with Crippen LogP contribution in [0.15, 0.2) is 24.3 Å². The molecule has 0 aliphatic carbocycles. The van der Waals surface area contributed by atoms with Crippen LogP contribution in [0.2, 0.25) is 0 Å². The predicted molar refractivity (Wildman–Crippen MR) is 161 cm³/mol. The van der Waals surface area contributed by atoms with E-state index in [4.69, 9.17) is 4.74 Å². The molecule has 1 aliphatic heterocycles. The predicted octanol–water partition coefficient (Wildman–Crippen LogP) is 8.84. The fraction of sp³-hybridized carbons (Fsp3) is 0.818. The molecule has 0 aromatic heterocycles. The van der Waals surface area contributed by atoms with Crippen LogP contribution in [0.4, 0.5) is 0 Å². The maximum atomic E-state index is 12.1. The number of carbonyl (C=O) groups is 1. The number of allylic oxidation sites excluding steroid dienone is 4. The fourth-order valence-electron chi connectivity index (χ4n) is 5.05. The molecule has 1 rings (SSSR count). The van der Waals surface area contributed by atoms with Gasteiger partial charge >= 0.3 is 5.97 Å². The Morgan fingerprint density at radius 2 is 1.35 bits per heavy atom. The summed E-state index contributed by atoms with van der Waals surface area (Å²) in [4.78, 5) is 14.5. The normalized spacial score (nSPS) is 14.1. The Morgan fingerprint density at radius 1 is 0.784 bits per heavy atom. The minimum absolute atomic E-state index is 0.0219. The second-order valence-corrected chi connectivity index (χ2v) is 10.9. The SMILES string of the molecule is CC/C=C/CCCCCCCC(=O)OCCN1CC[N+](C)=C1CCCCCCC/C=C/CCCCCC. The molecule has 0 radical (unpaired) electrons. The van der Waals surface area contributed by atoms with E-state index in [9.17, 15) is 4.79 Å². The highest BCUT2D eigenvalue weighted by atomic mass is 16.5. The largest absolute Gasteiger partial charge is 0.462 e. The van der Waals surface area contributed by atoms with Gasteiger partial charge < -0.3 is 4.74 Å². The highest BCUT2D eigenvalue weighted by Crippen LogP contribution is 2.13. The van der Waals surface area contributed by atoms with Gasteiger partial charge in [-0.05, 0) is 57.8 Å². The highest BCUT2D eigenvalue weighted by Gasteiger charge is 2.27. The number of hydrogen-bond donors (Lipinski definition) is 0. The van der Waals surface area contributed by atoms with Crippen molar-refractivity contribution in [1.29, 1.82) is 0 Å². The average Bonchev–Trinajstić information content (AvgIpc) is 3.24. The van der Waals surface area contributed by atoms with E-state index in [2.05, 4.69) is 54.7 Å². The molecule has 0 aromatic carbocycles. The zero-order chi connectivity index (χ0) is 26.8. The van der Waals surface area contributed by atoms with Gasteiger partial charge in [-0.15, -0.1) is 0 Å². The van der Waals surface area contributed by atoms with Gasteiger partial charge in [0.05, 0.1) is 7.05 Å². The van der Waals surface area contributed by atoms with Gasteiger partial charge in [0.2, 0.25) is 5.84 Å². The second kappa shape index (κ2) is 24.7. The fourth-order valence-corrected chi connectivity index (χ4v) is 5.05. The Bertz CT molecular complexity index is 638. The van der Waals surface area contributed by atoms with Gasteiger partial charge in [-0.25, -0.2) is 0 Å². The van der Waals surface area contributed by atoms with Crippen molar-refractivity contribution in [2.75, 3.05) is 33.3 Å². The van der Waals surface area contributed by atoms with Crippen LogP contribution in [0.3, 0.4) is 0 Å². The molecule has 0 fully saturated rings. The number of hydrogen-bond acceptors (Lipinski definition) is 3. The lowest BCUT2D eigenvalue weighted by molar-refractivity contribution is -0.487. The molecule has 0 bridgehead atoms. The molecule has 0 unspecified atom stereocenters. The van der Waals surface area contributed by atoms with E-state index in [1.807, 2.05) is 0 Å². The van der Waals surface area contributed by atoms with Gasteiger partial charge in [-0.1, -0.05) is 95.9 Å². The number of carbonyl (C=O) groups excluding carboxylic acids is 1. The van der Waals surface area contributed by atoms with E-state index >= 15 is 0 Å². The zero-order valence-electron chi connectivity index (χ0n) is 25.0. The topological polar surface area (TPSA) is 32.5 Å². The molecule has 4 nitrogen and oxygen atoms in total. The Kier molecular flexibility index (Phi) is 22.4. The molecule has 214 valence electrons. The molecule has 0 saturated heterocycles. The highest BCUT2D eigenvalue weighted by molar-refractivity contribution is 5.78. The van der Waals surface area contributed by atoms with E-state index in [1.54, 1.807) is 0 Å². The first-order valence-electron chi connectivity index (χ1n) is 16.0. The van der Waals surface area contributed by atoms with Crippen LogP contribution >= 0.6 is 0 Å². The molecular formula is C33H61N2O2+. The van der Waals surface area contributed by atoms with Crippen molar-refractivity contribution in [3.63, 3.8) is 0 Å². The maximum Gasteiger partial charge on any atom is 0.305 e. The quantitative estimate of drug-likeness (QED) is 0.0525. The standard InChI is InChI=1S/C33H61N2O2/c1-4-6-8-10-12-14-15-16-17-19-20-22-24-26-32-34(3)28-29-35(32)30-31-37-33(36)27-25-23-21-18-13-11-9-7-5-2/h7,9,14-15H,4-6,8,10-13,16-31H2,1-3H3/q+1/b9-7+,15-14+. The van der Waals surface area contributed by atoms with E-state index in [0.717, 1.165) is 45.3 Å². The number of ether oxygens (including phenoxy) is 1. The summed E-state index contributed by atoms with van der Waals surface area (Å²) in [5.41, 5.74) is 0. The lowest BCUT2D eigenvalue weighted by Crippen LogP contribution is -2.32.